The number of sulfone groups is 2. The van der Waals surface area contributed by atoms with E-state index in [9.17, 15) is 16.8 Å². The fourth-order valence-corrected chi connectivity index (χ4v) is 4.09. The van der Waals surface area contributed by atoms with Gasteiger partial charge in [-0.1, -0.05) is 6.92 Å². The van der Waals surface area contributed by atoms with Crippen LogP contribution in [0, 0.1) is 0 Å². The molecule has 0 amide bonds. The van der Waals surface area contributed by atoms with Gasteiger partial charge in [-0.15, -0.1) is 0 Å². The lowest BCUT2D eigenvalue weighted by molar-refractivity contribution is 0.581. The smallest absolute Gasteiger partial charge is 0.152 e. The van der Waals surface area contributed by atoms with Crippen LogP contribution in [-0.4, -0.2) is 46.4 Å². The van der Waals surface area contributed by atoms with Crippen molar-refractivity contribution in [2.45, 2.75) is 19.4 Å². The molecule has 5 nitrogen and oxygen atoms in total. The van der Waals surface area contributed by atoms with Crippen LogP contribution in [0.15, 0.2) is 0 Å². The van der Waals surface area contributed by atoms with Crippen molar-refractivity contribution in [2.24, 2.45) is 5.73 Å². The third kappa shape index (κ3) is 7.28. The molecule has 0 fully saturated rings. The molecule has 0 saturated carbocycles. The zero-order chi connectivity index (χ0) is 11.4. The van der Waals surface area contributed by atoms with Crippen LogP contribution >= 0.6 is 0 Å². The Morgan fingerprint density at radius 2 is 1.64 bits per heavy atom. The molecule has 0 aromatic rings. The Morgan fingerprint density at radius 3 is 2.00 bits per heavy atom. The van der Waals surface area contributed by atoms with Gasteiger partial charge in [-0.2, -0.15) is 0 Å². The summed E-state index contributed by atoms with van der Waals surface area (Å²) in [5, 5.41) is 0. The molecule has 0 aromatic heterocycles. The molecule has 2 N–H and O–H groups in total. The third-order valence-corrected chi connectivity index (χ3v) is 4.72. The summed E-state index contributed by atoms with van der Waals surface area (Å²) >= 11 is 0. The minimum atomic E-state index is -3.33. The van der Waals surface area contributed by atoms with Crippen LogP contribution < -0.4 is 5.73 Å². The second kappa shape index (κ2) is 5.09. The Morgan fingerprint density at radius 1 is 1.14 bits per heavy atom. The molecule has 0 spiro atoms. The number of nitrogens with two attached hydrogens (primary N) is 1. The molecule has 0 heterocycles. The van der Waals surface area contributed by atoms with Gasteiger partial charge < -0.3 is 5.73 Å². The number of rotatable bonds is 6. The lowest BCUT2D eigenvalue weighted by Crippen LogP contribution is -2.31. The summed E-state index contributed by atoms with van der Waals surface area (Å²) in [5.74, 6) is -0.801. The molecule has 0 bridgehead atoms. The highest BCUT2D eigenvalue weighted by molar-refractivity contribution is 7.94. The molecule has 7 heteroatoms. The predicted molar refractivity (Wildman–Crippen MR) is 56.6 cm³/mol. The summed E-state index contributed by atoms with van der Waals surface area (Å²) in [4.78, 5) is 0. The average molecular weight is 243 g/mol. The Hall–Kier alpha value is -0.140. The Balaban J connectivity index is 4.24. The van der Waals surface area contributed by atoms with Crippen molar-refractivity contribution in [2.75, 3.05) is 23.5 Å². The first-order chi connectivity index (χ1) is 6.16. The molecule has 0 saturated heterocycles. The summed E-state index contributed by atoms with van der Waals surface area (Å²) in [6.07, 6.45) is 1.58. The van der Waals surface area contributed by atoms with Gasteiger partial charge >= 0.3 is 0 Å². The van der Waals surface area contributed by atoms with Crippen molar-refractivity contribution in [3.63, 3.8) is 0 Å². The molecule has 0 aliphatic rings. The van der Waals surface area contributed by atoms with Crippen LogP contribution in [0.1, 0.15) is 13.3 Å². The molecular weight excluding hydrogens is 226 g/mol. The third-order valence-electron chi connectivity index (χ3n) is 1.76. The van der Waals surface area contributed by atoms with Crippen LogP contribution in [0.4, 0.5) is 0 Å². The van der Waals surface area contributed by atoms with Crippen molar-refractivity contribution >= 4 is 19.7 Å². The SMILES string of the molecule is CCC(N)CS(=O)(=O)CCS(C)(=O)=O. The molecule has 0 aliphatic carbocycles. The summed E-state index contributed by atoms with van der Waals surface area (Å²) in [7, 11) is -6.55. The Bertz CT molecular complexity index is 357. The molecule has 1 unspecified atom stereocenters. The van der Waals surface area contributed by atoms with E-state index in [2.05, 4.69) is 0 Å². The maximum atomic E-state index is 11.3. The summed E-state index contributed by atoms with van der Waals surface area (Å²) in [5.41, 5.74) is 5.47. The van der Waals surface area contributed by atoms with E-state index in [1.807, 2.05) is 0 Å². The first kappa shape index (κ1) is 13.9. The van der Waals surface area contributed by atoms with Gasteiger partial charge in [-0.05, 0) is 6.42 Å². The molecule has 86 valence electrons. The van der Waals surface area contributed by atoms with Gasteiger partial charge in [0.05, 0.1) is 17.3 Å². The summed E-state index contributed by atoms with van der Waals surface area (Å²) in [6.45, 7) is 1.79. The lowest BCUT2D eigenvalue weighted by atomic mass is 10.3. The number of hydrogen-bond acceptors (Lipinski definition) is 5. The second-order valence-corrected chi connectivity index (χ2v) is 7.90. The molecule has 0 aromatic carbocycles. The molecule has 0 radical (unpaired) electrons. The highest BCUT2D eigenvalue weighted by Gasteiger charge is 2.17. The summed E-state index contributed by atoms with van der Waals surface area (Å²) < 4.78 is 44.1. The van der Waals surface area contributed by atoms with Crippen LogP contribution in [-0.2, 0) is 19.7 Å². The Kier molecular flexibility index (Phi) is 5.03. The normalized spacial score (nSPS) is 15.4. The molecular formula is C7H17NO4S2. The zero-order valence-electron chi connectivity index (χ0n) is 8.43. The first-order valence-electron chi connectivity index (χ1n) is 4.30. The monoisotopic (exact) mass is 243 g/mol. The van der Waals surface area contributed by atoms with Crippen molar-refractivity contribution in [1.29, 1.82) is 0 Å². The van der Waals surface area contributed by atoms with E-state index >= 15 is 0 Å². The zero-order valence-corrected chi connectivity index (χ0v) is 10.1. The minimum absolute atomic E-state index is 0.140. The molecule has 14 heavy (non-hydrogen) atoms. The standard InChI is InChI=1S/C7H17NO4S2/c1-3-7(8)6-14(11,12)5-4-13(2,9)10/h7H,3-6,8H2,1-2H3. The molecule has 0 rings (SSSR count). The lowest BCUT2D eigenvalue weighted by Gasteiger charge is -2.08. The Labute approximate surface area is 85.5 Å². The fourth-order valence-electron chi connectivity index (χ4n) is 0.806. The van der Waals surface area contributed by atoms with Crippen molar-refractivity contribution in [3.05, 3.63) is 0 Å². The van der Waals surface area contributed by atoms with Gasteiger partial charge in [0.1, 0.15) is 9.84 Å². The second-order valence-electron chi connectivity index (χ2n) is 3.41. The highest BCUT2D eigenvalue weighted by atomic mass is 32.2. The van der Waals surface area contributed by atoms with E-state index in [-0.39, 0.29) is 17.3 Å². The van der Waals surface area contributed by atoms with Crippen molar-refractivity contribution in [3.8, 4) is 0 Å². The minimum Gasteiger partial charge on any atom is -0.327 e. The molecule has 0 aliphatic heterocycles. The largest absolute Gasteiger partial charge is 0.327 e. The average Bonchev–Trinajstić information content (AvgIpc) is 1.99. The maximum absolute atomic E-state index is 11.3. The van der Waals surface area contributed by atoms with Gasteiger partial charge in [-0.25, -0.2) is 16.8 Å². The maximum Gasteiger partial charge on any atom is 0.152 e. The topological polar surface area (TPSA) is 94.3 Å². The summed E-state index contributed by atoms with van der Waals surface area (Å²) in [6, 6.07) is -0.403. The van der Waals surface area contributed by atoms with E-state index in [1.54, 1.807) is 6.92 Å². The van der Waals surface area contributed by atoms with E-state index in [1.165, 1.54) is 0 Å². The molecule has 1 atom stereocenters. The first-order valence-corrected chi connectivity index (χ1v) is 8.18. The van der Waals surface area contributed by atoms with Gasteiger partial charge in [0.15, 0.2) is 9.84 Å². The van der Waals surface area contributed by atoms with Crippen LogP contribution in [0.3, 0.4) is 0 Å². The van der Waals surface area contributed by atoms with Crippen molar-refractivity contribution < 1.29 is 16.8 Å². The fraction of sp³-hybridized carbons (Fsp3) is 1.00. The van der Waals surface area contributed by atoms with E-state index in [0.29, 0.717) is 6.42 Å². The van der Waals surface area contributed by atoms with Gasteiger partial charge in [0, 0.05) is 12.3 Å². The van der Waals surface area contributed by atoms with Crippen LogP contribution in [0.5, 0.6) is 0 Å². The van der Waals surface area contributed by atoms with Gasteiger partial charge in [0.2, 0.25) is 0 Å². The quantitative estimate of drug-likeness (QED) is 0.658. The van der Waals surface area contributed by atoms with E-state index < -0.39 is 25.7 Å². The highest BCUT2D eigenvalue weighted by Crippen LogP contribution is 1.98. The van der Waals surface area contributed by atoms with Gasteiger partial charge in [-0.3, -0.25) is 0 Å². The van der Waals surface area contributed by atoms with Gasteiger partial charge in [0.25, 0.3) is 0 Å². The number of hydrogen-bond donors (Lipinski definition) is 1. The van der Waals surface area contributed by atoms with Crippen LogP contribution in [0.25, 0.3) is 0 Å². The van der Waals surface area contributed by atoms with E-state index in [4.69, 9.17) is 5.73 Å². The van der Waals surface area contributed by atoms with Crippen molar-refractivity contribution in [1.82, 2.24) is 0 Å². The van der Waals surface area contributed by atoms with Crippen LogP contribution in [0.2, 0.25) is 0 Å². The predicted octanol–water partition coefficient (Wildman–Crippen LogP) is -0.817. The van der Waals surface area contributed by atoms with E-state index in [0.717, 1.165) is 6.26 Å².